The first-order valence-corrected chi connectivity index (χ1v) is 16.1. The first-order valence-electron chi connectivity index (χ1n) is 14.6. The highest BCUT2D eigenvalue weighted by Gasteiger charge is 2.30. The molecule has 1 amide bonds. The fraction of sp³-hybridized carbons (Fsp3) is 0.355. The van der Waals surface area contributed by atoms with E-state index in [9.17, 15) is 9.00 Å². The number of aryl methyl sites for hydroxylation is 3. The lowest BCUT2D eigenvalue weighted by Gasteiger charge is -2.08. The molecule has 12 heteroatoms. The number of hydrogen-bond acceptors (Lipinski definition) is 7. The molecule has 1 unspecified atom stereocenters. The number of H-pyrrole nitrogens is 1. The SMILES string of the molecule is Cc1ccc(CNC(=O)c2cn(CCCCc3cc4c(-c5cccc(CNS(C)=O)c5)c(C5CC5)[nH]c4nn3)nn2)cn1. The van der Waals surface area contributed by atoms with Gasteiger partial charge in [0.2, 0.25) is 0 Å². The van der Waals surface area contributed by atoms with Crippen molar-refractivity contribution >= 4 is 27.9 Å². The van der Waals surface area contributed by atoms with Crippen LogP contribution < -0.4 is 10.0 Å². The number of fused-ring (bicyclic) bond motifs is 1. The second kappa shape index (κ2) is 12.9. The van der Waals surface area contributed by atoms with Crippen LogP contribution in [0.1, 0.15) is 70.3 Å². The van der Waals surface area contributed by atoms with Crippen molar-refractivity contribution < 1.29 is 9.00 Å². The van der Waals surface area contributed by atoms with E-state index in [1.54, 1.807) is 23.3 Å². The zero-order chi connectivity index (χ0) is 29.8. The molecule has 1 aliphatic carbocycles. The topological polar surface area (TPSA) is 143 Å². The lowest BCUT2D eigenvalue weighted by atomic mass is 9.98. The maximum absolute atomic E-state index is 12.5. The highest BCUT2D eigenvalue weighted by Crippen LogP contribution is 2.46. The van der Waals surface area contributed by atoms with Gasteiger partial charge in [0.1, 0.15) is 0 Å². The molecule has 0 saturated heterocycles. The third-order valence-corrected chi connectivity index (χ3v) is 8.14. The van der Waals surface area contributed by atoms with Gasteiger partial charge in [0, 0.05) is 54.4 Å². The van der Waals surface area contributed by atoms with E-state index < -0.39 is 11.0 Å². The lowest BCUT2D eigenvalue weighted by Crippen LogP contribution is -2.23. The highest BCUT2D eigenvalue weighted by molar-refractivity contribution is 7.82. The van der Waals surface area contributed by atoms with E-state index >= 15 is 0 Å². The van der Waals surface area contributed by atoms with E-state index in [2.05, 4.69) is 64.8 Å². The zero-order valence-corrected chi connectivity index (χ0v) is 25.2. The number of nitrogens with zero attached hydrogens (tertiary/aromatic N) is 6. The maximum atomic E-state index is 12.5. The number of aromatic amines is 1. The number of benzene rings is 1. The summed E-state index contributed by atoms with van der Waals surface area (Å²) >= 11 is 0. The molecule has 1 fully saturated rings. The minimum Gasteiger partial charge on any atom is -0.346 e. The molecule has 1 atom stereocenters. The van der Waals surface area contributed by atoms with Crippen LogP contribution in [0.5, 0.6) is 0 Å². The van der Waals surface area contributed by atoms with Crippen LogP contribution in [-0.4, -0.2) is 51.5 Å². The molecule has 43 heavy (non-hydrogen) atoms. The van der Waals surface area contributed by atoms with Gasteiger partial charge >= 0.3 is 0 Å². The average Bonchev–Trinajstić information content (AvgIpc) is 3.63. The molecular weight excluding hydrogens is 562 g/mol. The molecule has 4 aromatic heterocycles. The molecular formula is C31H35N9O2S. The van der Waals surface area contributed by atoms with Gasteiger partial charge in [0.25, 0.3) is 5.91 Å². The summed E-state index contributed by atoms with van der Waals surface area (Å²) in [6, 6.07) is 14.4. The van der Waals surface area contributed by atoms with Crippen molar-refractivity contribution in [1.29, 1.82) is 0 Å². The van der Waals surface area contributed by atoms with Crippen molar-refractivity contribution in [3.63, 3.8) is 0 Å². The van der Waals surface area contributed by atoms with Crippen LogP contribution >= 0.6 is 0 Å². The van der Waals surface area contributed by atoms with Gasteiger partial charge < -0.3 is 10.3 Å². The molecule has 0 aliphatic heterocycles. The number of unbranched alkanes of at least 4 members (excludes halogenated alkanes) is 1. The Balaban J connectivity index is 1.07. The molecule has 6 rings (SSSR count). The molecule has 1 aromatic carbocycles. The molecule has 1 saturated carbocycles. The number of aromatic nitrogens is 7. The standard InChI is InChI=1S/C31H35N9O2S/c1-20-9-10-22(16-32-20)17-33-31(41)27-19-40(39-37-27)13-4-3-8-25-15-26-28(29(23-11-12-23)35-30(26)38-36-25)24-7-5-6-21(14-24)18-34-43(2)42/h5-7,9-10,14-16,19,23,34H,3-4,8,11-13,17-18H2,1-2H3,(H,33,41)(H,35,38). The second-order valence-electron chi connectivity index (χ2n) is 11.1. The first kappa shape index (κ1) is 28.8. The Morgan fingerprint density at radius 1 is 1.07 bits per heavy atom. The molecule has 4 heterocycles. The van der Waals surface area contributed by atoms with Crippen LogP contribution in [0, 0.1) is 6.92 Å². The molecule has 11 nitrogen and oxygen atoms in total. The molecule has 0 radical (unpaired) electrons. The van der Waals surface area contributed by atoms with Gasteiger partial charge in [0.05, 0.1) is 22.9 Å². The number of rotatable bonds is 13. The summed E-state index contributed by atoms with van der Waals surface area (Å²) in [6.45, 7) is 3.52. The van der Waals surface area contributed by atoms with Crippen molar-refractivity contribution in [3.05, 3.63) is 88.8 Å². The summed E-state index contributed by atoms with van der Waals surface area (Å²) in [7, 11) is -1.07. The van der Waals surface area contributed by atoms with Crippen molar-refractivity contribution in [2.24, 2.45) is 0 Å². The predicted octanol–water partition coefficient (Wildman–Crippen LogP) is 4.13. The molecule has 222 valence electrons. The molecule has 0 bridgehead atoms. The van der Waals surface area contributed by atoms with Gasteiger partial charge in [-0.15, -0.1) is 10.2 Å². The summed E-state index contributed by atoms with van der Waals surface area (Å²) in [5.41, 5.74) is 8.56. The fourth-order valence-corrected chi connectivity index (χ4v) is 5.52. The third-order valence-electron chi connectivity index (χ3n) is 7.58. The van der Waals surface area contributed by atoms with Gasteiger partial charge in [-0.2, -0.15) is 5.10 Å². The van der Waals surface area contributed by atoms with Crippen LogP contribution in [0.25, 0.3) is 22.2 Å². The Morgan fingerprint density at radius 3 is 2.74 bits per heavy atom. The van der Waals surface area contributed by atoms with E-state index in [0.717, 1.165) is 58.4 Å². The number of carbonyl (C=O) groups excluding carboxylic acids is 1. The van der Waals surface area contributed by atoms with Gasteiger partial charge in [0.15, 0.2) is 11.3 Å². The molecule has 0 spiro atoms. The van der Waals surface area contributed by atoms with Crippen LogP contribution in [-0.2, 0) is 37.0 Å². The Hall–Kier alpha value is -4.29. The summed E-state index contributed by atoms with van der Waals surface area (Å²) in [4.78, 5) is 20.3. The quantitative estimate of drug-likeness (QED) is 0.173. The molecule has 1 aliphatic rings. The highest BCUT2D eigenvalue weighted by atomic mass is 32.2. The van der Waals surface area contributed by atoms with E-state index in [1.165, 1.54) is 24.1 Å². The number of carbonyl (C=O) groups is 1. The number of pyridine rings is 1. The van der Waals surface area contributed by atoms with E-state index in [0.29, 0.717) is 31.2 Å². The van der Waals surface area contributed by atoms with Crippen molar-refractivity contribution in [2.75, 3.05) is 6.26 Å². The molecule has 5 aromatic rings. The van der Waals surface area contributed by atoms with Gasteiger partial charge in [-0.3, -0.25) is 14.5 Å². The van der Waals surface area contributed by atoms with Crippen LogP contribution in [0.3, 0.4) is 0 Å². The maximum Gasteiger partial charge on any atom is 0.273 e. The number of hydrogen-bond donors (Lipinski definition) is 3. The zero-order valence-electron chi connectivity index (χ0n) is 24.3. The summed E-state index contributed by atoms with van der Waals surface area (Å²) < 4.78 is 16.3. The largest absolute Gasteiger partial charge is 0.346 e. The average molecular weight is 598 g/mol. The van der Waals surface area contributed by atoms with E-state index in [-0.39, 0.29) is 5.91 Å². The minimum atomic E-state index is -1.07. The normalized spacial score (nSPS) is 13.8. The number of amides is 1. The smallest absolute Gasteiger partial charge is 0.273 e. The third kappa shape index (κ3) is 7.20. The molecule has 3 N–H and O–H groups in total. The summed E-state index contributed by atoms with van der Waals surface area (Å²) in [6.07, 6.45) is 9.97. The van der Waals surface area contributed by atoms with Crippen LogP contribution in [0.4, 0.5) is 0 Å². The van der Waals surface area contributed by atoms with Crippen molar-refractivity contribution in [3.8, 4) is 11.1 Å². The van der Waals surface area contributed by atoms with Crippen LogP contribution in [0.15, 0.2) is 54.9 Å². The lowest BCUT2D eigenvalue weighted by molar-refractivity contribution is 0.0945. The Labute approximate surface area is 252 Å². The summed E-state index contributed by atoms with van der Waals surface area (Å²) in [5, 5.41) is 21.2. The monoisotopic (exact) mass is 597 g/mol. The Morgan fingerprint density at radius 2 is 1.95 bits per heavy atom. The Kier molecular flexibility index (Phi) is 8.66. The second-order valence-corrected chi connectivity index (χ2v) is 12.3. The van der Waals surface area contributed by atoms with Gasteiger partial charge in [-0.25, -0.2) is 8.93 Å². The van der Waals surface area contributed by atoms with Crippen molar-refractivity contribution in [1.82, 2.24) is 45.2 Å². The number of nitrogens with one attached hydrogen (secondary N) is 3. The predicted molar refractivity (Wildman–Crippen MR) is 165 cm³/mol. The van der Waals surface area contributed by atoms with Crippen LogP contribution in [0.2, 0.25) is 0 Å². The summed E-state index contributed by atoms with van der Waals surface area (Å²) in [5.74, 6) is 0.261. The Bertz CT molecular complexity index is 1760. The van der Waals surface area contributed by atoms with Gasteiger partial charge in [-0.1, -0.05) is 29.5 Å². The first-order chi connectivity index (χ1) is 20.9. The fourth-order valence-electron chi connectivity index (χ4n) is 5.15. The van der Waals surface area contributed by atoms with Crippen molar-refractivity contribution in [2.45, 2.75) is 64.6 Å². The van der Waals surface area contributed by atoms with E-state index in [4.69, 9.17) is 0 Å². The minimum absolute atomic E-state index is 0.259. The van der Waals surface area contributed by atoms with E-state index in [1.807, 2.05) is 25.1 Å². The van der Waals surface area contributed by atoms with Gasteiger partial charge in [-0.05, 0) is 79.8 Å².